The van der Waals surface area contributed by atoms with Crippen molar-refractivity contribution in [3.05, 3.63) is 72.3 Å². The SMILES string of the molecule is C=CCn1c(SCc2cccc(C(F)(F)F)c2)nnc1-c1ccc(OC(F)F)cc1. The molecule has 3 aromatic rings. The molecule has 1 aromatic heterocycles. The summed E-state index contributed by atoms with van der Waals surface area (Å²) in [5.41, 5.74) is 0.412. The summed E-state index contributed by atoms with van der Waals surface area (Å²) in [7, 11) is 0. The van der Waals surface area contributed by atoms with Crippen LogP contribution in [0.4, 0.5) is 22.0 Å². The quantitative estimate of drug-likeness (QED) is 0.243. The van der Waals surface area contributed by atoms with Gasteiger partial charge in [-0.15, -0.1) is 16.8 Å². The molecule has 0 aliphatic rings. The Kier molecular flexibility index (Phi) is 6.76. The summed E-state index contributed by atoms with van der Waals surface area (Å²) < 4.78 is 69.4. The van der Waals surface area contributed by atoms with E-state index in [-0.39, 0.29) is 11.5 Å². The highest BCUT2D eigenvalue weighted by atomic mass is 32.2. The number of rotatable bonds is 8. The average molecular weight is 441 g/mol. The van der Waals surface area contributed by atoms with Gasteiger partial charge >= 0.3 is 12.8 Å². The lowest BCUT2D eigenvalue weighted by atomic mass is 10.1. The van der Waals surface area contributed by atoms with E-state index in [1.807, 2.05) is 0 Å². The third-order valence-electron chi connectivity index (χ3n) is 3.99. The molecule has 2 aromatic carbocycles. The maximum atomic E-state index is 12.9. The maximum Gasteiger partial charge on any atom is 0.416 e. The lowest BCUT2D eigenvalue weighted by Crippen LogP contribution is -2.05. The van der Waals surface area contributed by atoms with Crippen molar-refractivity contribution in [3.8, 4) is 17.1 Å². The predicted octanol–water partition coefficient (Wildman–Crippen LogP) is 6.04. The smallest absolute Gasteiger partial charge is 0.416 e. The monoisotopic (exact) mass is 441 g/mol. The van der Waals surface area contributed by atoms with Crippen LogP contribution in [-0.4, -0.2) is 21.4 Å². The van der Waals surface area contributed by atoms with Gasteiger partial charge in [-0.05, 0) is 35.9 Å². The van der Waals surface area contributed by atoms with Crippen molar-refractivity contribution < 1.29 is 26.7 Å². The van der Waals surface area contributed by atoms with E-state index >= 15 is 0 Å². The Bertz CT molecular complexity index is 1000. The number of nitrogens with zero attached hydrogens (tertiary/aromatic N) is 3. The Morgan fingerprint density at radius 2 is 1.83 bits per heavy atom. The summed E-state index contributed by atoms with van der Waals surface area (Å²) in [6, 6.07) is 11.0. The number of halogens is 5. The number of aromatic nitrogens is 3. The summed E-state index contributed by atoms with van der Waals surface area (Å²) in [5, 5.41) is 8.76. The number of hydrogen-bond acceptors (Lipinski definition) is 4. The van der Waals surface area contributed by atoms with Crippen molar-refractivity contribution >= 4 is 11.8 Å². The minimum Gasteiger partial charge on any atom is -0.435 e. The van der Waals surface area contributed by atoms with E-state index in [1.165, 1.54) is 30.0 Å². The van der Waals surface area contributed by atoms with E-state index in [9.17, 15) is 22.0 Å². The first-order chi connectivity index (χ1) is 14.3. The van der Waals surface area contributed by atoms with Crippen molar-refractivity contribution in [2.45, 2.75) is 30.2 Å². The highest BCUT2D eigenvalue weighted by Crippen LogP contribution is 2.32. The molecule has 4 nitrogen and oxygen atoms in total. The molecule has 0 saturated carbocycles. The van der Waals surface area contributed by atoms with Crippen molar-refractivity contribution in [2.75, 3.05) is 0 Å². The Labute approximate surface area is 173 Å². The van der Waals surface area contributed by atoms with Crippen LogP contribution >= 0.6 is 11.8 Å². The molecule has 158 valence electrons. The predicted molar refractivity (Wildman–Crippen MR) is 103 cm³/mol. The van der Waals surface area contributed by atoms with E-state index in [2.05, 4.69) is 21.5 Å². The Hall–Kier alpha value is -2.88. The number of alkyl halides is 5. The zero-order chi connectivity index (χ0) is 21.7. The molecular formula is C20H16F5N3OS. The normalized spacial score (nSPS) is 11.7. The summed E-state index contributed by atoms with van der Waals surface area (Å²) >= 11 is 1.24. The molecule has 0 atom stereocenters. The minimum atomic E-state index is -4.41. The molecule has 0 aliphatic heterocycles. The number of hydrogen-bond donors (Lipinski definition) is 0. The molecule has 0 fully saturated rings. The van der Waals surface area contributed by atoms with Gasteiger partial charge in [0.15, 0.2) is 11.0 Å². The van der Waals surface area contributed by atoms with E-state index < -0.39 is 18.4 Å². The zero-order valence-corrected chi connectivity index (χ0v) is 16.3. The minimum absolute atomic E-state index is 0.0164. The molecule has 0 saturated heterocycles. The third kappa shape index (κ3) is 5.38. The van der Waals surface area contributed by atoms with Gasteiger partial charge in [-0.3, -0.25) is 4.57 Å². The second-order valence-electron chi connectivity index (χ2n) is 6.10. The standard InChI is InChI=1S/C20H16F5N3OS/c1-2-10-28-17(14-6-8-16(9-7-14)29-18(21)22)26-27-19(28)30-12-13-4-3-5-15(11-13)20(23,24)25/h2-9,11,18H,1,10,12H2. The molecule has 0 radical (unpaired) electrons. The zero-order valence-electron chi connectivity index (χ0n) is 15.4. The molecule has 3 rings (SSSR count). The van der Waals surface area contributed by atoms with Crippen molar-refractivity contribution in [1.82, 2.24) is 14.8 Å². The number of benzene rings is 2. The summed E-state index contributed by atoms with van der Waals surface area (Å²) in [6.07, 6.45) is -2.77. The molecule has 0 spiro atoms. The van der Waals surface area contributed by atoms with Gasteiger partial charge in [0.1, 0.15) is 5.75 Å². The van der Waals surface area contributed by atoms with Gasteiger partial charge in [0.25, 0.3) is 0 Å². The van der Waals surface area contributed by atoms with E-state index in [0.717, 1.165) is 12.1 Å². The molecular weight excluding hydrogens is 425 g/mol. The van der Waals surface area contributed by atoms with E-state index in [0.29, 0.717) is 28.7 Å². The molecule has 0 N–H and O–H groups in total. The first-order valence-electron chi connectivity index (χ1n) is 8.66. The molecule has 30 heavy (non-hydrogen) atoms. The lowest BCUT2D eigenvalue weighted by Gasteiger charge is -2.10. The molecule has 10 heteroatoms. The van der Waals surface area contributed by atoms with Gasteiger partial charge in [-0.2, -0.15) is 22.0 Å². The number of allylic oxidation sites excluding steroid dienone is 1. The highest BCUT2D eigenvalue weighted by molar-refractivity contribution is 7.98. The second kappa shape index (κ2) is 9.29. The van der Waals surface area contributed by atoms with Crippen molar-refractivity contribution in [3.63, 3.8) is 0 Å². The Balaban J connectivity index is 1.80. The molecule has 1 heterocycles. The molecule has 0 unspecified atom stereocenters. The van der Waals surface area contributed by atoms with Gasteiger partial charge in [-0.25, -0.2) is 0 Å². The van der Waals surface area contributed by atoms with Crippen LogP contribution in [0.1, 0.15) is 11.1 Å². The average Bonchev–Trinajstić information content (AvgIpc) is 3.09. The first-order valence-corrected chi connectivity index (χ1v) is 9.65. The number of thioether (sulfide) groups is 1. The van der Waals surface area contributed by atoms with Gasteiger partial charge < -0.3 is 4.74 Å². The fourth-order valence-corrected chi connectivity index (χ4v) is 3.56. The molecule has 0 amide bonds. The van der Waals surface area contributed by atoms with E-state index in [1.54, 1.807) is 28.8 Å². The largest absolute Gasteiger partial charge is 0.435 e. The summed E-state index contributed by atoms with van der Waals surface area (Å²) in [6.45, 7) is 1.15. The Morgan fingerprint density at radius 1 is 1.10 bits per heavy atom. The lowest BCUT2D eigenvalue weighted by molar-refractivity contribution is -0.137. The van der Waals surface area contributed by atoms with Crippen LogP contribution in [0.25, 0.3) is 11.4 Å². The van der Waals surface area contributed by atoms with Gasteiger partial charge in [0.2, 0.25) is 0 Å². The molecule has 0 bridgehead atoms. The maximum absolute atomic E-state index is 12.9. The number of ether oxygens (including phenoxy) is 1. The van der Waals surface area contributed by atoms with Crippen LogP contribution in [-0.2, 0) is 18.5 Å². The van der Waals surface area contributed by atoms with Crippen LogP contribution in [0.2, 0.25) is 0 Å². The summed E-state index contributed by atoms with van der Waals surface area (Å²) in [5.74, 6) is 0.758. The van der Waals surface area contributed by atoms with E-state index in [4.69, 9.17) is 0 Å². The molecule has 0 aliphatic carbocycles. The third-order valence-corrected chi connectivity index (χ3v) is 5.03. The van der Waals surface area contributed by atoms with Gasteiger partial charge in [0, 0.05) is 17.9 Å². The van der Waals surface area contributed by atoms with Crippen molar-refractivity contribution in [1.29, 1.82) is 0 Å². The fourth-order valence-electron chi connectivity index (χ4n) is 2.67. The Morgan fingerprint density at radius 3 is 2.47 bits per heavy atom. The van der Waals surface area contributed by atoms with Gasteiger partial charge in [0.05, 0.1) is 5.56 Å². The van der Waals surface area contributed by atoms with Crippen LogP contribution in [0, 0.1) is 0 Å². The van der Waals surface area contributed by atoms with Crippen LogP contribution < -0.4 is 4.74 Å². The first kappa shape index (κ1) is 21.8. The fraction of sp³-hybridized carbons (Fsp3) is 0.200. The van der Waals surface area contributed by atoms with Crippen molar-refractivity contribution in [2.24, 2.45) is 0 Å². The van der Waals surface area contributed by atoms with Gasteiger partial charge in [-0.1, -0.05) is 36.0 Å². The topological polar surface area (TPSA) is 39.9 Å². The van der Waals surface area contributed by atoms with Crippen LogP contribution in [0.5, 0.6) is 5.75 Å². The highest BCUT2D eigenvalue weighted by Gasteiger charge is 2.30. The summed E-state index contributed by atoms with van der Waals surface area (Å²) in [4.78, 5) is 0. The van der Waals surface area contributed by atoms with Crippen LogP contribution in [0.3, 0.4) is 0 Å². The second-order valence-corrected chi connectivity index (χ2v) is 7.04. The van der Waals surface area contributed by atoms with Crippen LogP contribution in [0.15, 0.2) is 66.3 Å².